The van der Waals surface area contributed by atoms with Gasteiger partial charge in [0.15, 0.2) is 6.10 Å². The fourth-order valence-corrected chi connectivity index (χ4v) is 5.12. The summed E-state index contributed by atoms with van der Waals surface area (Å²) < 4.78 is 11.3. The van der Waals surface area contributed by atoms with E-state index in [0.717, 1.165) is 36.1 Å². The van der Waals surface area contributed by atoms with Gasteiger partial charge in [-0.05, 0) is 73.2 Å². The molecule has 35 heavy (non-hydrogen) atoms. The maximum atomic E-state index is 13.4. The lowest BCUT2D eigenvalue weighted by Crippen LogP contribution is -2.41. The van der Waals surface area contributed by atoms with Gasteiger partial charge in [0.05, 0.1) is 26.1 Å². The summed E-state index contributed by atoms with van der Waals surface area (Å²) in [5, 5.41) is 2.99. The molecule has 0 unspecified atom stereocenters. The van der Waals surface area contributed by atoms with Crippen LogP contribution in [-0.4, -0.2) is 29.9 Å². The highest BCUT2D eigenvalue weighted by molar-refractivity contribution is 5.92. The van der Waals surface area contributed by atoms with E-state index in [1.807, 2.05) is 60.4 Å². The normalized spacial score (nSPS) is 19.1. The van der Waals surface area contributed by atoms with Crippen molar-refractivity contribution in [2.45, 2.75) is 51.3 Å². The molecule has 6 heteroatoms. The lowest BCUT2D eigenvalue weighted by Gasteiger charge is -2.35. The Morgan fingerprint density at radius 3 is 2.80 bits per heavy atom. The van der Waals surface area contributed by atoms with Gasteiger partial charge in [-0.1, -0.05) is 36.4 Å². The second-order valence-electron chi connectivity index (χ2n) is 9.23. The first-order valence-corrected chi connectivity index (χ1v) is 12.1. The van der Waals surface area contributed by atoms with Crippen molar-refractivity contribution in [3.8, 4) is 11.5 Å². The highest BCUT2D eigenvalue weighted by atomic mass is 16.5. The summed E-state index contributed by atoms with van der Waals surface area (Å²) >= 11 is 0. The Hall–Kier alpha value is -3.80. The van der Waals surface area contributed by atoms with Crippen LogP contribution in [0, 0.1) is 0 Å². The molecule has 0 radical (unpaired) electrons. The summed E-state index contributed by atoms with van der Waals surface area (Å²) in [6.07, 6.45) is 2.70. The number of amides is 2. The number of aryl methyl sites for hydroxylation is 1. The molecule has 6 nitrogen and oxygen atoms in total. The molecule has 1 aliphatic heterocycles. The quantitative estimate of drug-likeness (QED) is 0.566. The smallest absolute Gasteiger partial charge is 0.264 e. The van der Waals surface area contributed by atoms with Crippen molar-refractivity contribution in [3.05, 3.63) is 89.0 Å². The van der Waals surface area contributed by atoms with Crippen LogP contribution < -0.4 is 14.8 Å². The van der Waals surface area contributed by atoms with Gasteiger partial charge in [0, 0.05) is 11.3 Å². The van der Waals surface area contributed by atoms with Gasteiger partial charge in [-0.25, -0.2) is 0 Å². The number of ether oxygens (including phenoxy) is 2. The highest BCUT2D eigenvalue weighted by Crippen LogP contribution is 2.38. The van der Waals surface area contributed by atoms with Gasteiger partial charge in [-0.2, -0.15) is 0 Å². The standard InChI is InChI=1S/C29H30N2O4/c1-19-29(33)31(26-12-6-9-21-8-3-4-11-25(21)26)18-22-17-23(13-14-27(22)35-19)30-28(32)16-20-7-5-10-24(15-20)34-2/h3-5,7-8,10-11,13-15,17,19,26H,6,9,12,16,18H2,1-2H3,(H,30,32)/t19-,26+/m0/s1. The Morgan fingerprint density at radius 1 is 1.09 bits per heavy atom. The Kier molecular flexibility index (Phi) is 6.45. The fraction of sp³-hybridized carbons (Fsp3) is 0.310. The number of benzene rings is 3. The summed E-state index contributed by atoms with van der Waals surface area (Å²) in [6, 6.07) is 21.5. The zero-order valence-corrected chi connectivity index (χ0v) is 20.1. The third-order valence-corrected chi connectivity index (χ3v) is 6.83. The minimum Gasteiger partial charge on any atom is -0.497 e. The summed E-state index contributed by atoms with van der Waals surface area (Å²) in [5.74, 6) is 1.28. The predicted molar refractivity (Wildman–Crippen MR) is 135 cm³/mol. The van der Waals surface area contributed by atoms with Gasteiger partial charge < -0.3 is 19.7 Å². The molecule has 0 aromatic heterocycles. The van der Waals surface area contributed by atoms with Crippen molar-refractivity contribution < 1.29 is 19.1 Å². The van der Waals surface area contributed by atoms with Gasteiger partial charge >= 0.3 is 0 Å². The molecule has 0 bridgehead atoms. The maximum Gasteiger partial charge on any atom is 0.264 e. The molecule has 2 amide bonds. The number of hydrogen-bond donors (Lipinski definition) is 1. The average molecular weight is 471 g/mol. The summed E-state index contributed by atoms with van der Waals surface area (Å²) in [6.45, 7) is 2.25. The van der Waals surface area contributed by atoms with Crippen molar-refractivity contribution >= 4 is 17.5 Å². The van der Waals surface area contributed by atoms with Crippen LogP contribution in [0.25, 0.3) is 0 Å². The molecule has 1 N–H and O–H groups in total. The van der Waals surface area contributed by atoms with E-state index in [2.05, 4.69) is 23.5 Å². The van der Waals surface area contributed by atoms with Crippen molar-refractivity contribution in [3.63, 3.8) is 0 Å². The Labute approximate surface area is 205 Å². The van der Waals surface area contributed by atoms with Gasteiger partial charge in [0.1, 0.15) is 11.5 Å². The van der Waals surface area contributed by atoms with Crippen LogP contribution in [0.15, 0.2) is 66.7 Å². The van der Waals surface area contributed by atoms with E-state index in [1.165, 1.54) is 11.1 Å². The van der Waals surface area contributed by atoms with E-state index in [-0.39, 0.29) is 24.3 Å². The third kappa shape index (κ3) is 4.87. The molecule has 0 spiro atoms. The van der Waals surface area contributed by atoms with Crippen molar-refractivity contribution in [2.75, 3.05) is 12.4 Å². The summed E-state index contributed by atoms with van der Waals surface area (Å²) in [5.41, 5.74) is 5.00. The topological polar surface area (TPSA) is 67.9 Å². The molecule has 3 aromatic carbocycles. The zero-order valence-electron chi connectivity index (χ0n) is 20.1. The van der Waals surface area contributed by atoms with Crippen LogP contribution >= 0.6 is 0 Å². The number of carbonyl (C=O) groups excluding carboxylic acids is 2. The lowest BCUT2D eigenvalue weighted by atomic mass is 9.86. The molecule has 2 aliphatic rings. The molecule has 0 fully saturated rings. The summed E-state index contributed by atoms with van der Waals surface area (Å²) in [7, 11) is 1.61. The minimum absolute atomic E-state index is 0.00786. The fourth-order valence-electron chi connectivity index (χ4n) is 5.12. The van der Waals surface area contributed by atoms with Crippen molar-refractivity contribution in [2.24, 2.45) is 0 Å². The first-order chi connectivity index (χ1) is 17.0. The minimum atomic E-state index is -0.571. The number of fused-ring (bicyclic) bond motifs is 2. The number of carbonyl (C=O) groups is 2. The monoisotopic (exact) mass is 470 g/mol. The molecular weight excluding hydrogens is 440 g/mol. The van der Waals surface area contributed by atoms with Crippen LogP contribution in [-0.2, 0) is 29.0 Å². The number of hydrogen-bond acceptors (Lipinski definition) is 4. The number of nitrogens with one attached hydrogen (secondary N) is 1. The molecule has 180 valence electrons. The van der Waals surface area contributed by atoms with Gasteiger partial charge in [-0.3, -0.25) is 9.59 Å². The average Bonchev–Trinajstić information content (AvgIpc) is 2.99. The number of methoxy groups -OCH3 is 1. The zero-order chi connectivity index (χ0) is 24.4. The second kappa shape index (κ2) is 9.82. The van der Waals surface area contributed by atoms with E-state index >= 15 is 0 Å². The van der Waals surface area contributed by atoms with Crippen LogP contribution in [0.4, 0.5) is 5.69 Å². The molecular formula is C29H30N2O4. The number of anilines is 1. The Balaban J connectivity index is 1.37. The van der Waals surface area contributed by atoms with Crippen LogP contribution in [0.2, 0.25) is 0 Å². The molecule has 0 saturated carbocycles. The van der Waals surface area contributed by atoms with E-state index in [4.69, 9.17) is 9.47 Å². The lowest BCUT2D eigenvalue weighted by molar-refractivity contribution is -0.140. The van der Waals surface area contributed by atoms with Crippen LogP contribution in [0.5, 0.6) is 11.5 Å². The highest BCUT2D eigenvalue weighted by Gasteiger charge is 2.35. The third-order valence-electron chi connectivity index (χ3n) is 6.83. The molecule has 2 atom stereocenters. The van der Waals surface area contributed by atoms with Gasteiger partial charge in [0.25, 0.3) is 5.91 Å². The largest absolute Gasteiger partial charge is 0.497 e. The Bertz CT molecular complexity index is 1250. The van der Waals surface area contributed by atoms with E-state index < -0.39 is 6.10 Å². The Morgan fingerprint density at radius 2 is 1.94 bits per heavy atom. The van der Waals surface area contributed by atoms with E-state index in [9.17, 15) is 9.59 Å². The summed E-state index contributed by atoms with van der Waals surface area (Å²) in [4.78, 5) is 28.0. The SMILES string of the molecule is COc1cccc(CC(=O)Nc2ccc3c(c2)CN([C@@H]2CCCc4ccccc42)C(=O)[C@H](C)O3)c1. The van der Waals surface area contributed by atoms with E-state index in [0.29, 0.717) is 18.0 Å². The van der Waals surface area contributed by atoms with E-state index in [1.54, 1.807) is 7.11 Å². The van der Waals surface area contributed by atoms with Crippen LogP contribution in [0.3, 0.4) is 0 Å². The number of nitrogens with zero attached hydrogens (tertiary/aromatic N) is 1. The maximum absolute atomic E-state index is 13.4. The second-order valence-corrected chi connectivity index (χ2v) is 9.23. The van der Waals surface area contributed by atoms with Crippen molar-refractivity contribution in [1.82, 2.24) is 4.90 Å². The van der Waals surface area contributed by atoms with Gasteiger partial charge in [-0.15, -0.1) is 0 Å². The van der Waals surface area contributed by atoms with Gasteiger partial charge in [0.2, 0.25) is 5.91 Å². The van der Waals surface area contributed by atoms with Crippen molar-refractivity contribution in [1.29, 1.82) is 0 Å². The number of rotatable bonds is 5. The first-order valence-electron chi connectivity index (χ1n) is 12.1. The van der Waals surface area contributed by atoms with Crippen LogP contribution in [0.1, 0.15) is 48.1 Å². The molecule has 5 rings (SSSR count). The predicted octanol–water partition coefficient (Wildman–Crippen LogP) is 5.06. The molecule has 0 saturated heterocycles. The first kappa shape index (κ1) is 23.0. The molecule has 1 heterocycles. The molecule has 1 aliphatic carbocycles. The molecule has 3 aromatic rings.